The zero-order valence-electron chi connectivity index (χ0n) is 10.9. The van der Waals surface area contributed by atoms with Gasteiger partial charge in [0.15, 0.2) is 0 Å². The summed E-state index contributed by atoms with van der Waals surface area (Å²) in [5, 5.41) is 2.16. The lowest BCUT2D eigenvalue weighted by Gasteiger charge is -2.28. The van der Waals surface area contributed by atoms with Gasteiger partial charge in [-0.25, -0.2) is 0 Å². The van der Waals surface area contributed by atoms with Crippen molar-refractivity contribution in [3.05, 3.63) is 22.4 Å². The van der Waals surface area contributed by atoms with Gasteiger partial charge in [0.1, 0.15) is 0 Å². The van der Waals surface area contributed by atoms with Crippen molar-refractivity contribution in [3.63, 3.8) is 0 Å². The highest BCUT2D eigenvalue weighted by molar-refractivity contribution is 7.09. The Morgan fingerprint density at radius 1 is 1.53 bits per heavy atom. The number of rotatable bonds is 7. The molecule has 0 bridgehead atoms. The van der Waals surface area contributed by atoms with Crippen LogP contribution in [-0.2, 0) is 6.54 Å². The van der Waals surface area contributed by atoms with Crippen molar-refractivity contribution in [2.75, 3.05) is 6.54 Å². The summed E-state index contributed by atoms with van der Waals surface area (Å²) >= 11 is 1.86. The number of hydrogen-bond donors (Lipinski definition) is 1. The number of hydrogen-bond acceptors (Lipinski definition) is 3. The molecule has 1 aromatic rings. The van der Waals surface area contributed by atoms with Crippen LogP contribution in [0, 0.1) is 5.92 Å². The molecule has 0 saturated heterocycles. The molecule has 0 aromatic carbocycles. The summed E-state index contributed by atoms with van der Waals surface area (Å²) in [5.41, 5.74) is 6.28. The molecule has 0 aliphatic heterocycles. The van der Waals surface area contributed by atoms with Gasteiger partial charge in [-0.2, -0.15) is 0 Å². The summed E-state index contributed by atoms with van der Waals surface area (Å²) in [4.78, 5) is 4.05. The van der Waals surface area contributed by atoms with Gasteiger partial charge in [0.2, 0.25) is 0 Å². The van der Waals surface area contributed by atoms with Crippen molar-refractivity contribution < 1.29 is 0 Å². The largest absolute Gasteiger partial charge is 0.326 e. The molecule has 0 radical (unpaired) electrons. The molecule has 2 rings (SSSR count). The summed E-state index contributed by atoms with van der Waals surface area (Å²) in [7, 11) is 0. The smallest absolute Gasteiger partial charge is 0.0331 e. The first-order valence-electron chi connectivity index (χ1n) is 6.72. The lowest BCUT2D eigenvalue weighted by atomic mass is 9.99. The first-order valence-corrected chi connectivity index (χ1v) is 7.60. The van der Waals surface area contributed by atoms with Gasteiger partial charge in [-0.15, -0.1) is 11.3 Å². The summed E-state index contributed by atoms with van der Waals surface area (Å²) in [6.45, 7) is 6.64. The fraction of sp³-hybridized carbons (Fsp3) is 0.714. The first-order chi connectivity index (χ1) is 8.20. The molecule has 2 nitrogen and oxygen atoms in total. The third kappa shape index (κ3) is 3.80. The van der Waals surface area contributed by atoms with E-state index in [1.807, 2.05) is 11.3 Å². The number of nitrogens with two attached hydrogens (primary N) is 1. The molecule has 1 aliphatic carbocycles. The zero-order chi connectivity index (χ0) is 12.3. The quantitative estimate of drug-likeness (QED) is 0.808. The third-order valence-electron chi connectivity index (χ3n) is 3.82. The second kappa shape index (κ2) is 5.98. The Hall–Kier alpha value is -0.380. The minimum absolute atomic E-state index is 0.320. The minimum Gasteiger partial charge on any atom is -0.326 e. The maximum Gasteiger partial charge on any atom is 0.0331 e. The summed E-state index contributed by atoms with van der Waals surface area (Å²) in [6.07, 6.45) is 3.90. The summed E-state index contributed by atoms with van der Waals surface area (Å²) < 4.78 is 0. The Morgan fingerprint density at radius 2 is 2.29 bits per heavy atom. The van der Waals surface area contributed by atoms with Crippen LogP contribution in [0.5, 0.6) is 0 Å². The highest BCUT2D eigenvalue weighted by Crippen LogP contribution is 2.29. The molecular weight excluding hydrogens is 228 g/mol. The van der Waals surface area contributed by atoms with Gasteiger partial charge in [-0.3, -0.25) is 4.90 Å². The maximum atomic E-state index is 6.28. The molecule has 2 N–H and O–H groups in total. The van der Waals surface area contributed by atoms with E-state index in [0.717, 1.165) is 19.1 Å². The Bertz CT molecular complexity index is 319. The Morgan fingerprint density at radius 3 is 2.82 bits per heavy atom. The van der Waals surface area contributed by atoms with Crippen molar-refractivity contribution >= 4 is 11.3 Å². The van der Waals surface area contributed by atoms with Crippen LogP contribution < -0.4 is 5.73 Å². The predicted molar refractivity (Wildman–Crippen MR) is 75.2 cm³/mol. The van der Waals surface area contributed by atoms with Gasteiger partial charge in [-0.1, -0.05) is 26.3 Å². The average Bonchev–Trinajstić information content (AvgIpc) is 3.06. The molecule has 17 heavy (non-hydrogen) atoms. The van der Waals surface area contributed by atoms with Gasteiger partial charge in [0.05, 0.1) is 0 Å². The average molecular weight is 252 g/mol. The van der Waals surface area contributed by atoms with E-state index in [0.29, 0.717) is 12.0 Å². The molecule has 1 fully saturated rings. The first kappa shape index (κ1) is 13.1. The highest BCUT2D eigenvalue weighted by Gasteiger charge is 2.30. The van der Waals surface area contributed by atoms with E-state index in [1.54, 1.807) is 0 Å². The molecular formula is C14H24N2S. The molecule has 1 saturated carbocycles. The van der Waals surface area contributed by atoms with E-state index in [-0.39, 0.29) is 0 Å². The van der Waals surface area contributed by atoms with Crippen LogP contribution in [0.3, 0.4) is 0 Å². The van der Waals surface area contributed by atoms with Crippen LogP contribution in [0.15, 0.2) is 17.5 Å². The topological polar surface area (TPSA) is 29.3 Å². The van der Waals surface area contributed by atoms with Crippen molar-refractivity contribution in [2.45, 2.75) is 51.7 Å². The maximum absolute atomic E-state index is 6.28. The molecule has 1 aliphatic rings. The van der Waals surface area contributed by atoms with Crippen LogP contribution in [0.4, 0.5) is 0 Å². The van der Waals surface area contributed by atoms with E-state index in [1.165, 1.54) is 24.1 Å². The van der Waals surface area contributed by atoms with E-state index in [4.69, 9.17) is 5.73 Å². The lowest BCUT2D eigenvalue weighted by Crippen LogP contribution is -2.41. The van der Waals surface area contributed by atoms with Gasteiger partial charge in [0, 0.05) is 30.1 Å². The zero-order valence-corrected chi connectivity index (χ0v) is 11.7. The molecule has 2 unspecified atom stereocenters. The van der Waals surface area contributed by atoms with E-state index in [9.17, 15) is 0 Å². The van der Waals surface area contributed by atoms with Gasteiger partial charge in [0.25, 0.3) is 0 Å². The molecule has 0 amide bonds. The van der Waals surface area contributed by atoms with E-state index < -0.39 is 0 Å². The van der Waals surface area contributed by atoms with Crippen molar-refractivity contribution in [1.82, 2.24) is 4.90 Å². The van der Waals surface area contributed by atoms with Gasteiger partial charge >= 0.3 is 0 Å². The summed E-state index contributed by atoms with van der Waals surface area (Å²) in [5.74, 6) is 0.625. The standard InChI is InChI=1S/C14H24N2S/c1-3-11(2)14(15)10-16(12-6-7-12)9-13-5-4-8-17-13/h4-5,8,11-12,14H,3,6-7,9-10,15H2,1-2H3. The van der Waals surface area contributed by atoms with E-state index >= 15 is 0 Å². The molecule has 2 atom stereocenters. The van der Waals surface area contributed by atoms with Crippen LogP contribution >= 0.6 is 11.3 Å². The molecule has 1 heterocycles. The second-order valence-electron chi connectivity index (χ2n) is 5.29. The SMILES string of the molecule is CCC(C)C(N)CN(Cc1cccs1)C1CC1. The lowest BCUT2D eigenvalue weighted by molar-refractivity contribution is 0.217. The van der Waals surface area contributed by atoms with Crippen molar-refractivity contribution in [2.24, 2.45) is 11.7 Å². The third-order valence-corrected chi connectivity index (χ3v) is 4.68. The second-order valence-corrected chi connectivity index (χ2v) is 6.32. The Labute approximate surface area is 109 Å². The van der Waals surface area contributed by atoms with Crippen LogP contribution in [0.25, 0.3) is 0 Å². The fourth-order valence-electron chi connectivity index (χ4n) is 2.14. The number of thiophene rings is 1. The van der Waals surface area contributed by atoms with Crippen LogP contribution in [-0.4, -0.2) is 23.5 Å². The Balaban J connectivity index is 1.89. The number of nitrogens with zero attached hydrogens (tertiary/aromatic N) is 1. The normalized spacial score (nSPS) is 19.5. The van der Waals surface area contributed by atoms with E-state index in [2.05, 4.69) is 36.3 Å². The molecule has 1 aromatic heterocycles. The van der Waals surface area contributed by atoms with Crippen molar-refractivity contribution in [3.8, 4) is 0 Å². The molecule has 3 heteroatoms. The monoisotopic (exact) mass is 252 g/mol. The molecule has 0 spiro atoms. The van der Waals surface area contributed by atoms with Crippen molar-refractivity contribution in [1.29, 1.82) is 0 Å². The summed E-state index contributed by atoms with van der Waals surface area (Å²) in [6, 6.07) is 5.49. The Kier molecular flexibility index (Phi) is 4.60. The molecule has 96 valence electrons. The highest BCUT2D eigenvalue weighted by atomic mass is 32.1. The van der Waals surface area contributed by atoms with Crippen LogP contribution in [0.1, 0.15) is 38.0 Å². The van der Waals surface area contributed by atoms with Gasteiger partial charge < -0.3 is 5.73 Å². The minimum atomic E-state index is 0.320. The predicted octanol–water partition coefficient (Wildman–Crippen LogP) is 3.09. The fourth-order valence-corrected chi connectivity index (χ4v) is 2.87. The van der Waals surface area contributed by atoms with Crippen LogP contribution in [0.2, 0.25) is 0 Å². The van der Waals surface area contributed by atoms with Gasteiger partial charge in [-0.05, 0) is 30.2 Å².